The van der Waals surface area contributed by atoms with Crippen molar-refractivity contribution in [3.63, 3.8) is 0 Å². The van der Waals surface area contributed by atoms with E-state index in [0.29, 0.717) is 6.54 Å². The van der Waals surface area contributed by atoms with Crippen LogP contribution in [0, 0.1) is 6.92 Å². The van der Waals surface area contributed by atoms with Crippen molar-refractivity contribution in [2.45, 2.75) is 18.4 Å². The number of nitrogens with one attached hydrogen (secondary N) is 2. The molecule has 0 heterocycles. The van der Waals surface area contributed by atoms with Crippen molar-refractivity contribution in [3.05, 3.63) is 107 Å². The molecule has 0 aromatic heterocycles. The lowest BCUT2D eigenvalue weighted by molar-refractivity contribution is 0.0951. The third-order valence-electron chi connectivity index (χ3n) is 5.06. The van der Waals surface area contributed by atoms with E-state index < -0.39 is 10.0 Å². The Morgan fingerprint density at radius 1 is 0.875 bits per heavy atom. The second-order valence-corrected chi connectivity index (χ2v) is 9.57. The van der Waals surface area contributed by atoms with Crippen molar-refractivity contribution < 1.29 is 13.2 Å². The number of benzene rings is 4. The molecule has 0 aliphatic heterocycles. The van der Waals surface area contributed by atoms with E-state index in [1.54, 1.807) is 12.1 Å². The van der Waals surface area contributed by atoms with E-state index in [-0.39, 0.29) is 27.1 Å². The molecular weight excluding hydrogens is 444 g/mol. The Labute approximate surface area is 192 Å². The molecule has 0 saturated carbocycles. The molecule has 2 N–H and O–H groups in total. The van der Waals surface area contributed by atoms with Crippen molar-refractivity contribution in [2.24, 2.45) is 0 Å². The van der Waals surface area contributed by atoms with E-state index in [4.69, 9.17) is 11.6 Å². The van der Waals surface area contributed by atoms with E-state index in [1.165, 1.54) is 30.3 Å². The number of anilines is 1. The summed E-state index contributed by atoms with van der Waals surface area (Å²) in [6, 6.07) is 25.0. The number of fused-ring (bicyclic) bond motifs is 1. The highest BCUT2D eigenvalue weighted by atomic mass is 35.5. The summed E-state index contributed by atoms with van der Waals surface area (Å²) in [4.78, 5) is 12.8. The highest BCUT2D eigenvalue weighted by molar-refractivity contribution is 7.92. The Balaban J connectivity index is 1.45. The molecule has 0 spiro atoms. The molecule has 4 aromatic rings. The number of carbonyl (C=O) groups excluding carboxylic acids is 1. The molecule has 0 saturated heterocycles. The van der Waals surface area contributed by atoms with Gasteiger partial charge in [-0.15, -0.1) is 0 Å². The van der Waals surface area contributed by atoms with Crippen LogP contribution in [0.25, 0.3) is 10.8 Å². The standard InChI is InChI=1S/C25H21ClN2O3S/c1-17-6-11-22(12-7-17)32(30,31)28-21-10-13-23(24(26)15-21)25(29)27-16-18-8-9-19-4-2-3-5-20(19)14-18/h2-15,28H,16H2,1H3,(H,27,29). The second-order valence-electron chi connectivity index (χ2n) is 7.48. The van der Waals surface area contributed by atoms with Gasteiger partial charge in [0.25, 0.3) is 15.9 Å². The fourth-order valence-corrected chi connectivity index (χ4v) is 4.64. The van der Waals surface area contributed by atoms with Crippen LogP contribution in [-0.4, -0.2) is 14.3 Å². The van der Waals surface area contributed by atoms with Crippen molar-refractivity contribution >= 4 is 44.0 Å². The molecule has 5 nitrogen and oxygen atoms in total. The fourth-order valence-electron chi connectivity index (χ4n) is 3.32. The number of sulfonamides is 1. The summed E-state index contributed by atoms with van der Waals surface area (Å²) in [5.41, 5.74) is 2.48. The fraction of sp³-hybridized carbons (Fsp3) is 0.0800. The van der Waals surface area contributed by atoms with Crippen LogP contribution in [0.15, 0.2) is 89.8 Å². The van der Waals surface area contributed by atoms with Crippen LogP contribution < -0.4 is 10.0 Å². The molecule has 4 rings (SSSR count). The molecule has 7 heteroatoms. The Morgan fingerprint density at radius 3 is 2.31 bits per heavy atom. The number of rotatable bonds is 6. The SMILES string of the molecule is Cc1ccc(S(=O)(=O)Nc2ccc(C(=O)NCc3ccc4ccccc4c3)c(Cl)c2)cc1. The molecule has 162 valence electrons. The summed E-state index contributed by atoms with van der Waals surface area (Å²) in [7, 11) is -3.75. The maximum atomic E-state index is 12.6. The normalized spacial score (nSPS) is 11.3. The van der Waals surface area contributed by atoms with E-state index >= 15 is 0 Å². The van der Waals surface area contributed by atoms with Crippen LogP contribution >= 0.6 is 11.6 Å². The van der Waals surface area contributed by atoms with Gasteiger partial charge in [-0.3, -0.25) is 9.52 Å². The summed E-state index contributed by atoms with van der Waals surface area (Å²) in [5.74, 6) is -0.337. The largest absolute Gasteiger partial charge is 0.348 e. The second kappa shape index (κ2) is 9.02. The minimum absolute atomic E-state index is 0.149. The van der Waals surface area contributed by atoms with Gasteiger partial charge in [-0.25, -0.2) is 8.42 Å². The molecule has 4 aromatic carbocycles. The molecule has 0 bridgehead atoms. The average Bonchev–Trinajstić information content (AvgIpc) is 2.77. The predicted octanol–water partition coefficient (Wildman–Crippen LogP) is 5.53. The van der Waals surface area contributed by atoms with Gasteiger partial charge in [-0.05, 0) is 59.7 Å². The highest BCUT2D eigenvalue weighted by Gasteiger charge is 2.16. The lowest BCUT2D eigenvalue weighted by Gasteiger charge is -2.11. The first-order chi connectivity index (χ1) is 15.3. The third kappa shape index (κ3) is 4.93. The molecule has 0 radical (unpaired) electrons. The number of aryl methyl sites for hydroxylation is 1. The van der Waals surface area contributed by atoms with Crippen molar-refractivity contribution in [3.8, 4) is 0 Å². The van der Waals surface area contributed by atoms with Gasteiger partial charge in [-0.1, -0.05) is 65.7 Å². The van der Waals surface area contributed by atoms with Crippen LogP contribution in [0.2, 0.25) is 5.02 Å². The van der Waals surface area contributed by atoms with Crippen LogP contribution in [0.1, 0.15) is 21.5 Å². The molecule has 1 amide bonds. The Bertz CT molecular complexity index is 1400. The topological polar surface area (TPSA) is 75.3 Å². The third-order valence-corrected chi connectivity index (χ3v) is 6.77. The maximum Gasteiger partial charge on any atom is 0.261 e. The smallest absolute Gasteiger partial charge is 0.261 e. The minimum atomic E-state index is -3.75. The summed E-state index contributed by atoms with van der Waals surface area (Å²) in [5, 5.41) is 5.25. The molecule has 0 aliphatic carbocycles. The quantitative estimate of drug-likeness (QED) is 0.393. The Kier molecular flexibility index (Phi) is 6.17. The maximum absolute atomic E-state index is 12.6. The summed E-state index contributed by atoms with van der Waals surface area (Å²) < 4.78 is 27.6. The average molecular weight is 465 g/mol. The lowest BCUT2D eigenvalue weighted by atomic mass is 10.1. The molecule has 32 heavy (non-hydrogen) atoms. The zero-order valence-corrected chi connectivity index (χ0v) is 18.9. The summed E-state index contributed by atoms with van der Waals surface area (Å²) in [6.45, 7) is 2.23. The van der Waals surface area contributed by atoms with Gasteiger partial charge in [0.05, 0.1) is 21.2 Å². The number of carbonyl (C=O) groups is 1. The van der Waals surface area contributed by atoms with Gasteiger partial charge < -0.3 is 5.32 Å². The first-order valence-corrected chi connectivity index (χ1v) is 11.8. The van der Waals surface area contributed by atoms with Crippen molar-refractivity contribution in [1.29, 1.82) is 0 Å². The van der Waals surface area contributed by atoms with Crippen molar-refractivity contribution in [2.75, 3.05) is 4.72 Å². The molecular formula is C25H21ClN2O3S. The van der Waals surface area contributed by atoms with Crippen LogP contribution in [0.5, 0.6) is 0 Å². The van der Waals surface area contributed by atoms with Gasteiger partial charge >= 0.3 is 0 Å². The summed E-state index contributed by atoms with van der Waals surface area (Å²) in [6.07, 6.45) is 0. The van der Waals surface area contributed by atoms with E-state index in [0.717, 1.165) is 21.9 Å². The van der Waals surface area contributed by atoms with Gasteiger partial charge in [0.1, 0.15) is 0 Å². The number of halogens is 1. The number of hydrogen-bond acceptors (Lipinski definition) is 3. The first kappa shape index (κ1) is 21.9. The van der Waals surface area contributed by atoms with Gasteiger partial charge in [-0.2, -0.15) is 0 Å². The van der Waals surface area contributed by atoms with Gasteiger partial charge in [0.15, 0.2) is 0 Å². The Morgan fingerprint density at radius 2 is 1.59 bits per heavy atom. The first-order valence-electron chi connectivity index (χ1n) is 9.97. The molecule has 0 atom stereocenters. The van der Waals surface area contributed by atoms with Crippen LogP contribution in [0.3, 0.4) is 0 Å². The zero-order chi connectivity index (χ0) is 22.7. The molecule has 0 fully saturated rings. The predicted molar refractivity (Wildman–Crippen MR) is 129 cm³/mol. The molecule has 0 unspecified atom stereocenters. The monoisotopic (exact) mass is 464 g/mol. The van der Waals surface area contributed by atoms with E-state index in [1.807, 2.05) is 49.4 Å². The van der Waals surface area contributed by atoms with Crippen molar-refractivity contribution in [1.82, 2.24) is 5.32 Å². The number of hydrogen-bond donors (Lipinski definition) is 2. The van der Waals surface area contributed by atoms with Gasteiger partial charge in [0, 0.05) is 6.54 Å². The lowest BCUT2D eigenvalue weighted by Crippen LogP contribution is -2.23. The van der Waals surface area contributed by atoms with Gasteiger partial charge in [0.2, 0.25) is 0 Å². The summed E-state index contributed by atoms with van der Waals surface area (Å²) >= 11 is 6.28. The molecule has 0 aliphatic rings. The van der Waals surface area contributed by atoms with E-state index in [9.17, 15) is 13.2 Å². The van der Waals surface area contributed by atoms with Crippen LogP contribution in [0.4, 0.5) is 5.69 Å². The number of amides is 1. The Hall–Kier alpha value is -3.35. The van der Waals surface area contributed by atoms with E-state index in [2.05, 4.69) is 10.0 Å². The minimum Gasteiger partial charge on any atom is -0.348 e. The van der Waals surface area contributed by atoms with Crippen LogP contribution in [-0.2, 0) is 16.6 Å². The zero-order valence-electron chi connectivity index (χ0n) is 17.3. The highest BCUT2D eigenvalue weighted by Crippen LogP contribution is 2.24.